The van der Waals surface area contributed by atoms with E-state index in [0.29, 0.717) is 23.2 Å². The number of amides is 1. The predicted molar refractivity (Wildman–Crippen MR) is 115 cm³/mol. The number of H-pyrrole nitrogens is 1. The largest absolute Gasteiger partial charge is 0.353 e. The average molecular weight is 408 g/mol. The summed E-state index contributed by atoms with van der Waals surface area (Å²) < 4.78 is 0. The molecular weight excluding hydrogens is 378 g/mol. The second kappa shape index (κ2) is 9.24. The Morgan fingerprint density at radius 3 is 2.81 bits per heavy atom. The maximum atomic E-state index is 12.5. The van der Waals surface area contributed by atoms with Gasteiger partial charge in [-0.05, 0) is 56.9 Å². The van der Waals surface area contributed by atoms with Crippen molar-refractivity contribution in [3.63, 3.8) is 0 Å². The molecule has 0 radical (unpaired) electrons. The summed E-state index contributed by atoms with van der Waals surface area (Å²) in [5.74, 6) is 2.29. The Labute approximate surface area is 168 Å². The van der Waals surface area contributed by atoms with Gasteiger partial charge in [-0.3, -0.25) is 9.59 Å². The maximum absolute atomic E-state index is 12.5. The van der Waals surface area contributed by atoms with Gasteiger partial charge in [-0.25, -0.2) is 4.98 Å². The lowest BCUT2D eigenvalue weighted by Gasteiger charge is -2.14. The van der Waals surface area contributed by atoms with Gasteiger partial charge in [0, 0.05) is 10.9 Å². The quantitative estimate of drug-likeness (QED) is 0.693. The van der Waals surface area contributed by atoms with Crippen molar-refractivity contribution in [3.8, 4) is 0 Å². The van der Waals surface area contributed by atoms with E-state index in [4.69, 9.17) is 0 Å². The first-order chi connectivity index (χ1) is 12.9. The van der Waals surface area contributed by atoms with Gasteiger partial charge in [-0.15, -0.1) is 23.1 Å². The number of nitrogens with one attached hydrogen (secondary N) is 2. The molecule has 0 fully saturated rings. The van der Waals surface area contributed by atoms with Crippen LogP contribution in [0.1, 0.15) is 62.7 Å². The molecule has 148 valence electrons. The van der Waals surface area contributed by atoms with Gasteiger partial charge < -0.3 is 10.3 Å². The van der Waals surface area contributed by atoms with Gasteiger partial charge in [0.1, 0.15) is 10.7 Å². The van der Waals surface area contributed by atoms with E-state index in [-0.39, 0.29) is 17.5 Å². The van der Waals surface area contributed by atoms with E-state index in [1.165, 1.54) is 28.6 Å². The molecule has 0 bridgehead atoms. The molecule has 3 rings (SSSR count). The van der Waals surface area contributed by atoms with Crippen molar-refractivity contribution in [2.24, 2.45) is 5.92 Å². The smallest absolute Gasteiger partial charge is 0.259 e. The number of hydrogen-bond donors (Lipinski definition) is 2. The minimum absolute atomic E-state index is 0.0261. The minimum atomic E-state index is -0.0261. The van der Waals surface area contributed by atoms with Crippen molar-refractivity contribution in [1.82, 2.24) is 15.3 Å². The molecule has 0 saturated heterocycles. The van der Waals surface area contributed by atoms with Crippen LogP contribution in [-0.4, -0.2) is 27.7 Å². The van der Waals surface area contributed by atoms with E-state index in [9.17, 15) is 9.59 Å². The molecule has 5 nitrogen and oxygen atoms in total. The number of aryl methyl sites for hydroxylation is 2. The van der Waals surface area contributed by atoms with Gasteiger partial charge in [0.05, 0.1) is 16.9 Å². The number of nitrogens with zero attached hydrogens (tertiary/aromatic N) is 1. The molecule has 2 aromatic rings. The van der Waals surface area contributed by atoms with E-state index >= 15 is 0 Å². The zero-order valence-corrected chi connectivity index (χ0v) is 18.0. The van der Waals surface area contributed by atoms with Crippen LogP contribution in [0.4, 0.5) is 0 Å². The van der Waals surface area contributed by atoms with Crippen LogP contribution in [0.3, 0.4) is 0 Å². The summed E-state index contributed by atoms with van der Waals surface area (Å²) in [6.07, 6.45) is 6.53. The zero-order chi connectivity index (χ0) is 19.4. The van der Waals surface area contributed by atoms with Gasteiger partial charge in [0.2, 0.25) is 5.91 Å². The van der Waals surface area contributed by atoms with Crippen LogP contribution in [-0.2, 0) is 23.4 Å². The first-order valence-electron chi connectivity index (χ1n) is 9.84. The summed E-state index contributed by atoms with van der Waals surface area (Å²) in [5, 5.41) is 3.84. The Kier molecular flexibility index (Phi) is 6.98. The lowest BCUT2D eigenvalue weighted by atomic mass is 9.97. The molecular formula is C20H29N3O2S2. The fraction of sp³-hybridized carbons (Fsp3) is 0.650. The van der Waals surface area contributed by atoms with Crippen molar-refractivity contribution in [2.45, 2.75) is 71.1 Å². The van der Waals surface area contributed by atoms with E-state index in [1.54, 1.807) is 11.3 Å². The first kappa shape index (κ1) is 20.4. The third-order valence-electron chi connectivity index (χ3n) is 4.93. The molecule has 0 aromatic carbocycles. The van der Waals surface area contributed by atoms with Gasteiger partial charge in [0.25, 0.3) is 5.56 Å². The van der Waals surface area contributed by atoms with Gasteiger partial charge in [0.15, 0.2) is 0 Å². The Balaban J connectivity index is 1.55. The second-order valence-corrected chi connectivity index (χ2v) is 9.91. The highest BCUT2D eigenvalue weighted by Crippen LogP contribution is 2.33. The fourth-order valence-corrected chi connectivity index (χ4v) is 5.47. The van der Waals surface area contributed by atoms with Crippen LogP contribution < -0.4 is 10.9 Å². The molecule has 2 aromatic heterocycles. The number of fused-ring (bicyclic) bond motifs is 3. The fourth-order valence-electron chi connectivity index (χ4n) is 3.49. The van der Waals surface area contributed by atoms with Crippen molar-refractivity contribution in [2.75, 3.05) is 5.75 Å². The summed E-state index contributed by atoms with van der Waals surface area (Å²) in [5.41, 5.74) is 1.19. The first-order valence-corrected chi connectivity index (χ1v) is 11.8. The molecule has 7 heteroatoms. The van der Waals surface area contributed by atoms with E-state index in [0.717, 1.165) is 42.3 Å². The van der Waals surface area contributed by atoms with E-state index in [2.05, 4.69) is 36.1 Å². The number of hydrogen-bond acceptors (Lipinski definition) is 5. The van der Waals surface area contributed by atoms with Crippen molar-refractivity contribution in [3.05, 3.63) is 26.6 Å². The standard InChI is InChI=1S/C20H29N3O2S2/c1-12(2)8-9-13(3)21-17(24)11-26-10-16-22-19(25)18-14-6-4-5-7-15(14)27-20(18)23-16/h12-13H,4-11H2,1-3H3,(H,21,24)(H,22,23,25). The van der Waals surface area contributed by atoms with E-state index in [1.807, 2.05) is 0 Å². The number of thioether (sulfide) groups is 1. The number of rotatable bonds is 8. The molecule has 1 amide bonds. The third kappa shape index (κ3) is 5.35. The summed E-state index contributed by atoms with van der Waals surface area (Å²) in [7, 11) is 0. The topological polar surface area (TPSA) is 74.8 Å². The normalized spacial score (nSPS) is 15.1. The molecule has 1 atom stereocenters. The lowest BCUT2D eigenvalue weighted by molar-refractivity contribution is -0.119. The third-order valence-corrected chi connectivity index (χ3v) is 7.06. The van der Waals surface area contributed by atoms with Gasteiger partial charge >= 0.3 is 0 Å². The summed E-state index contributed by atoms with van der Waals surface area (Å²) >= 11 is 3.16. The summed E-state index contributed by atoms with van der Waals surface area (Å²) in [6, 6.07) is 0.201. The maximum Gasteiger partial charge on any atom is 0.259 e. The highest BCUT2D eigenvalue weighted by Gasteiger charge is 2.19. The van der Waals surface area contributed by atoms with Crippen LogP contribution in [0.2, 0.25) is 0 Å². The Morgan fingerprint density at radius 2 is 2.04 bits per heavy atom. The lowest BCUT2D eigenvalue weighted by Crippen LogP contribution is -2.34. The van der Waals surface area contributed by atoms with Crippen molar-refractivity contribution < 1.29 is 4.79 Å². The number of aromatic nitrogens is 2. The number of aromatic amines is 1. The Bertz CT molecular complexity index is 857. The molecule has 2 N–H and O–H groups in total. The van der Waals surface area contributed by atoms with Crippen LogP contribution in [0, 0.1) is 5.92 Å². The van der Waals surface area contributed by atoms with Crippen molar-refractivity contribution in [1.29, 1.82) is 0 Å². The molecule has 27 heavy (non-hydrogen) atoms. The minimum Gasteiger partial charge on any atom is -0.353 e. The number of carbonyl (C=O) groups excluding carboxylic acids is 1. The molecule has 1 unspecified atom stereocenters. The molecule has 0 saturated carbocycles. The average Bonchev–Trinajstić information content (AvgIpc) is 2.98. The molecule has 1 aliphatic carbocycles. The predicted octanol–water partition coefficient (Wildman–Crippen LogP) is 4.04. The van der Waals surface area contributed by atoms with Crippen LogP contribution in [0.5, 0.6) is 0 Å². The van der Waals surface area contributed by atoms with Crippen LogP contribution >= 0.6 is 23.1 Å². The van der Waals surface area contributed by atoms with Crippen LogP contribution in [0.15, 0.2) is 4.79 Å². The molecule has 0 aliphatic heterocycles. The Morgan fingerprint density at radius 1 is 1.26 bits per heavy atom. The monoisotopic (exact) mass is 407 g/mol. The second-order valence-electron chi connectivity index (χ2n) is 7.84. The molecule has 0 spiro atoms. The summed E-state index contributed by atoms with van der Waals surface area (Å²) in [4.78, 5) is 34.4. The van der Waals surface area contributed by atoms with Crippen LogP contribution in [0.25, 0.3) is 10.2 Å². The Hall–Kier alpha value is -1.34. The molecule has 2 heterocycles. The van der Waals surface area contributed by atoms with Crippen molar-refractivity contribution >= 4 is 39.2 Å². The molecule has 1 aliphatic rings. The van der Waals surface area contributed by atoms with Gasteiger partial charge in [-0.2, -0.15) is 0 Å². The number of carbonyl (C=O) groups is 1. The number of thiophene rings is 1. The highest BCUT2D eigenvalue weighted by atomic mass is 32.2. The van der Waals surface area contributed by atoms with Gasteiger partial charge in [-0.1, -0.05) is 13.8 Å². The van der Waals surface area contributed by atoms with E-state index < -0.39 is 0 Å². The highest BCUT2D eigenvalue weighted by molar-refractivity contribution is 7.99. The summed E-state index contributed by atoms with van der Waals surface area (Å²) in [6.45, 7) is 6.44. The zero-order valence-electron chi connectivity index (χ0n) is 16.4. The SMILES string of the molecule is CC(C)CCC(C)NC(=O)CSCc1nc2sc3c(c2c(=O)[nH]1)CCCC3.